The Morgan fingerprint density at radius 2 is 1.84 bits per heavy atom. The van der Waals surface area contributed by atoms with E-state index in [1.165, 1.54) is 11.1 Å². The van der Waals surface area contributed by atoms with Gasteiger partial charge in [-0.05, 0) is 47.9 Å². The van der Waals surface area contributed by atoms with Crippen molar-refractivity contribution in [2.75, 3.05) is 11.9 Å². The number of carbonyl (C=O) groups excluding carboxylic acids is 2. The minimum atomic E-state index is -0.372. The van der Waals surface area contributed by atoms with Crippen molar-refractivity contribution in [2.24, 2.45) is 5.92 Å². The van der Waals surface area contributed by atoms with E-state index in [2.05, 4.69) is 34.9 Å². The summed E-state index contributed by atoms with van der Waals surface area (Å²) < 4.78 is 0. The van der Waals surface area contributed by atoms with Crippen LogP contribution in [0.25, 0.3) is 0 Å². The van der Waals surface area contributed by atoms with Crippen molar-refractivity contribution in [2.45, 2.75) is 31.6 Å². The van der Waals surface area contributed by atoms with Crippen LogP contribution in [0.15, 0.2) is 48.5 Å². The Kier molecular flexibility index (Phi) is 4.26. The van der Waals surface area contributed by atoms with E-state index in [1.54, 1.807) is 0 Å². The number of para-hydroxylation sites is 1. The third kappa shape index (κ3) is 3.29. The minimum absolute atomic E-state index is 0.0456. The number of carbonyl (C=O) groups is 2. The van der Waals surface area contributed by atoms with Gasteiger partial charge in [0, 0.05) is 18.7 Å². The first-order valence-corrected chi connectivity index (χ1v) is 8.94. The van der Waals surface area contributed by atoms with Gasteiger partial charge >= 0.3 is 0 Å². The summed E-state index contributed by atoms with van der Waals surface area (Å²) >= 11 is 0. The second kappa shape index (κ2) is 6.71. The fourth-order valence-electron chi connectivity index (χ4n) is 3.94. The number of nitrogens with one attached hydrogen (secondary N) is 2. The van der Waals surface area contributed by atoms with E-state index in [9.17, 15) is 9.59 Å². The zero-order valence-corrected chi connectivity index (χ0v) is 14.1. The van der Waals surface area contributed by atoms with Crippen molar-refractivity contribution in [1.82, 2.24) is 5.32 Å². The maximum absolute atomic E-state index is 12.4. The first-order chi connectivity index (χ1) is 12.2. The first-order valence-electron chi connectivity index (χ1n) is 8.94. The number of anilines is 1. The van der Waals surface area contributed by atoms with Gasteiger partial charge in [-0.2, -0.15) is 0 Å². The van der Waals surface area contributed by atoms with Gasteiger partial charge in [0.15, 0.2) is 0 Å². The summed E-state index contributed by atoms with van der Waals surface area (Å²) in [5.74, 6) is -0.0227. The molecule has 4 rings (SSSR count). The van der Waals surface area contributed by atoms with Gasteiger partial charge in [-0.3, -0.25) is 9.59 Å². The van der Waals surface area contributed by atoms with Crippen LogP contribution in [0, 0.1) is 5.92 Å². The Bertz CT molecular complexity index is 815. The topological polar surface area (TPSA) is 58.2 Å². The van der Waals surface area contributed by atoms with E-state index >= 15 is 0 Å². The lowest BCUT2D eigenvalue weighted by atomic mass is 9.84. The van der Waals surface area contributed by atoms with Crippen molar-refractivity contribution in [1.29, 1.82) is 0 Å². The van der Waals surface area contributed by atoms with E-state index < -0.39 is 0 Å². The Morgan fingerprint density at radius 1 is 1.08 bits per heavy atom. The third-order valence-electron chi connectivity index (χ3n) is 5.34. The van der Waals surface area contributed by atoms with Gasteiger partial charge in [0.1, 0.15) is 0 Å². The van der Waals surface area contributed by atoms with Gasteiger partial charge in [-0.15, -0.1) is 0 Å². The molecule has 2 atom stereocenters. The van der Waals surface area contributed by atoms with Crippen molar-refractivity contribution < 1.29 is 9.59 Å². The maximum atomic E-state index is 12.4. The van der Waals surface area contributed by atoms with Crippen LogP contribution in [0.5, 0.6) is 0 Å². The summed E-state index contributed by atoms with van der Waals surface area (Å²) in [4.78, 5) is 24.5. The fraction of sp³-hybridized carbons (Fsp3) is 0.333. The van der Waals surface area contributed by atoms with E-state index in [1.807, 2.05) is 24.3 Å². The molecule has 2 aliphatic rings. The number of hydrogen-bond donors (Lipinski definition) is 2. The molecule has 4 heteroatoms. The second-order valence-corrected chi connectivity index (χ2v) is 7.01. The lowest BCUT2D eigenvalue weighted by molar-refractivity contribution is -0.125. The number of rotatable bonds is 4. The van der Waals surface area contributed by atoms with Crippen molar-refractivity contribution >= 4 is 17.5 Å². The lowest BCUT2D eigenvalue weighted by Crippen LogP contribution is -2.33. The van der Waals surface area contributed by atoms with Gasteiger partial charge in [-0.25, -0.2) is 0 Å². The van der Waals surface area contributed by atoms with Crippen LogP contribution in [-0.4, -0.2) is 18.4 Å². The van der Waals surface area contributed by atoms with E-state index in [4.69, 9.17) is 0 Å². The molecule has 2 N–H and O–H groups in total. The molecule has 1 aliphatic carbocycles. The Balaban J connectivity index is 1.33. The number of benzene rings is 2. The molecule has 2 unspecified atom stereocenters. The third-order valence-corrected chi connectivity index (χ3v) is 5.34. The number of hydrogen-bond acceptors (Lipinski definition) is 2. The van der Waals surface area contributed by atoms with Crippen LogP contribution >= 0.6 is 0 Å². The minimum Gasteiger partial charge on any atom is -0.356 e. The second-order valence-electron chi connectivity index (χ2n) is 7.01. The zero-order chi connectivity index (χ0) is 17.2. The largest absolute Gasteiger partial charge is 0.356 e. The van der Waals surface area contributed by atoms with Crippen molar-refractivity contribution in [3.8, 4) is 0 Å². The Labute approximate surface area is 147 Å². The predicted octanol–water partition coefficient (Wildman–Crippen LogP) is 3.03. The normalized spacial score (nSPS) is 21.2. The van der Waals surface area contributed by atoms with Gasteiger partial charge in [0.05, 0.1) is 5.92 Å². The van der Waals surface area contributed by atoms with Crippen LogP contribution < -0.4 is 10.6 Å². The Morgan fingerprint density at radius 3 is 2.72 bits per heavy atom. The molecule has 0 spiro atoms. The van der Waals surface area contributed by atoms with Crippen LogP contribution in [0.2, 0.25) is 0 Å². The van der Waals surface area contributed by atoms with Crippen LogP contribution in [0.4, 0.5) is 5.69 Å². The molecule has 0 bridgehead atoms. The monoisotopic (exact) mass is 334 g/mol. The SMILES string of the molecule is O=C(CC1C(=O)Nc2ccccc21)NCC1CCc2ccccc2C1. The summed E-state index contributed by atoms with van der Waals surface area (Å²) in [5, 5.41) is 5.89. The van der Waals surface area contributed by atoms with E-state index in [-0.39, 0.29) is 24.2 Å². The number of amides is 2. The van der Waals surface area contributed by atoms with Crippen LogP contribution in [0.1, 0.15) is 35.4 Å². The summed E-state index contributed by atoms with van der Waals surface area (Å²) in [6.07, 6.45) is 3.41. The molecular weight excluding hydrogens is 312 g/mol. The van der Waals surface area contributed by atoms with Crippen molar-refractivity contribution in [3.63, 3.8) is 0 Å². The standard InChI is InChI=1S/C21H22N2O2/c24-20(12-18-17-7-3-4-8-19(17)23-21(18)25)22-13-14-9-10-15-5-1-2-6-16(15)11-14/h1-8,14,18H,9-13H2,(H,22,24)(H,23,25). The van der Waals surface area contributed by atoms with Crippen molar-refractivity contribution in [3.05, 3.63) is 65.2 Å². The molecule has 0 fully saturated rings. The summed E-state index contributed by atoms with van der Waals surface area (Å²) in [6.45, 7) is 0.684. The molecular formula is C21H22N2O2. The van der Waals surface area contributed by atoms with E-state index in [0.717, 1.165) is 30.5 Å². The average Bonchev–Trinajstić information content (AvgIpc) is 2.95. The molecule has 2 aromatic rings. The molecule has 25 heavy (non-hydrogen) atoms. The molecule has 4 nitrogen and oxygen atoms in total. The fourth-order valence-corrected chi connectivity index (χ4v) is 3.94. The molecule has 1 heterocycles. The Hall–Kier alpha value is -2.62. The number of fused-ring (bicyclic) bond motifs is 2. The average molecular weight is 334 g/mol. The van der Waals surface area contributed by atoms with Gasteiger partial charge in [0.2, 0.25) is 11.8 Å². The first kappa shape index (κ1) is 15.9. The highest BCUT2D eigenvalue weighted by Gasteiger charge is 2.32. The molecule has 1 aliphatic heterocycles. The zero-order valence-electron chi connectivity index (χ0n) is 14.1. The molecule has 0 saturated heterocycles. The summed E-state index contributed by atoms with van der Waals surface area (Å²) in [7, 11) is 0. The molecule has 2 amide bonds. The van der Waals surface area contributed by atoms with Gasteiger partial charge < -0.3 is 10.6 Å². The number of aryl methyl sites for hydroxylation is 1. The molecule has 128 valence electrons. The smallest absolute Gasteiger partial charge is 0.232 e. The van der Waals surface area contributed by atoms with E-state index in [0.29, 0.717) is 12.5 Å². The molecule has 0 radical (unpaired) electrons. The van der Waals surface area contributed by atoms with Gasteiger partial charge in [0.25, 0.3) is 0 Å². The van der Waals surface area contributed by atoms with Crippen LogP contribution in [-0.2, 0) is 22.4 Å². The quantitative estimate of drug-likeness (QED) is 0.903. The lowest BCUT2D eigenvalue weighted by Gasteiger charge is -2.24. The molecule has 2 aromatic carbocycles. The summed E-state index contributed by atoms with van der Waals surface area (Å²) in [5.41, 5.74) is 4.59. The predicted molar refractivity (Wildman–Crippen MR) is 97.4 cm³/mol. The van der Waals surface area contributed by atoms with Crippen LogP contribution in [0.3, 0.4) is 0 Å². The highest BCUT2D eigenvalue weighted by atomic mass is 16.2. The van der Waals surface area contributed by atoms with Gasteiger partial charge in [-0.1, -0.05) is 42.5 Å². The highest BCUT2D eigenvalue weighted by molar-refractivity contribution is 6.04. The maximum Gasteiger partial charge on any atom is 0.232 e. The molecule has 0 aromatic heterocycles. The summed E-state index contributed by atoms with van der Waals surface area (Å²) in [6, 6.07) is 16.1. The highest BCUT2D eigenvalue weighted by Crippen LogP contribution is 2.34. The molecule has 0 saturated carbocycles.